The van der Waals surface area contributed by atoms with Gasteiger partial charge in [-0.25, -0.2) is 0 Å². The number of nitrogens with one attached hydrogen (secondary N) is 1. The van der Waals surface area contributed by atoms with Crippen molar-refractivity contribution in [2.75, 3.05) is 19.0 Å². The van der Waals surface area contributed by atoms with Crippen LogP contribution in [-0.4, -0.2) is 23.7 Å². The minimum Gasteiger partial charge on any atom is -0.497 e. The van der Waals surface area contributed by atoms with Gasteiger partial charge >= 0.3 is 0 Å². The highest BCUT2D eigenvalue weighted by molar-refractivity contribution is 5.48. The maximum absolute atomic E-state index is 10.6. The van der Waals surface area contributed by atoms with Crippen molar-refractivity contribution in [3.63, 3.8) is 0 Å². The summed E-state index contributed by atoms with van der Waals surface area (Å²) in [4.78, 5) is 10.1. The maximum atomic E-state index is 10.6. The Bertz CT molecular complexity index is 613. The molecule has 0 amide bonds. The first-order chi connectivity index (χ1) is 10.1. The second-order valence-corrected chi connectivity index (χ2v) is 4.48. The summed E-state index contributed by atoms with van der Waals surface area (Å²) < 4.78 is 5.12. The minimum absolute atomic E-state index is 0.00621. The monoisotopic (exact) mass is 288 g/mol. The fourth-order valence-corrected chi connectivity index (χ4v) is 1.88. The molecular weight excluding hydrogens is 272 g/mol. The average molecular weight is 288 g/mol. The van der Waals surface area contributed by atoms with Crippen molar-refractivity contribution < 1.29 is 14.8 Å². The molecule has 2 aromatic carbocycles. The van der Waals surface area contributed by atoms with E-state index in [0.29, 0.717) is 12.1 Å². The summed E-state index contributed by atoms with van der Waals surface area (Å²) in [5, 5.41) is 23.7. The fraction of sp³-hybridized carbons (Fsp3) is 0.200. The van der Waals surface area contributed by atoms with Crippen LogP contribution in [0.4, 0.5) is 11.4 Å². The first kappa shape index (κ1) is 14.8. The molecule has 0 aliphatic carbocycles. The van der Waals surface area contributed by atoms with Crippen LogP contribution in [0, 0.1) is 10.1 Å². The van der Waals surface area contributed by atoms with E-state index in [2.05, 4.69) is 5.32 Å². The van der Waals surface area contributed by atoms with Gasteiger partial charge < -0.3 is 15.2 Å². The van der Waals surface area contributed by atoms with Crippen LogP contribution in [0.25, 0.3) is 0 Å². The lowest BCUT2D eigenvalue weighted by Crippen LogP contribution is -2.12. The Morgan fingerprint density at radius 3 is 2.62 bits per heavy atom. The molecule has 1 atom stereocenters. The SMILES string of the molecule is COc1cccc(NCC(O)c2ccc([N+](=O)[O-])cc2)c1. The second kappa shape index (κ2) is 6.71. The molecule has 2 N–H and O–H groups in total. The topological polar surface area (TPSA) is 84.6 Å². The number of aliphatic hydroxyl groups is 1. The zero-order valence-electron chi connectivity index (χ0n) is 11.5. The van der Waals surface area contributed by atoms with E-state index in [1.165, 1.54) is 12.1 Å². The number of hydrogen-bond donors (Lipinski definition) is 2. The van der Waals surface area contributed by atoms with Crippen molar-refractivity contribution in [2.24, 2.45) is 0 Å². The van der Waals surface area contributed by atoms with E-state index >= 15 is 0 Å². The lowest BCUT2D eigenvalue weighted by atomic mass is 10.1. The van der Waals surface area contributed by atoms with Gasteiger partial charge in [-0.15, -0.1) is 0 Å². The molecule has 2 rings (SSSR count). The quantitative estimate of drug-likeness (QED) is 0.630. The summed E-state index contributed by atoms with van der Waals surface area (Å²) in [6, 6.07) is 13.2. The van der Waals surface area contributed by atoms with Crippen LogP contribution in [-0.2, 0) is 0 Å². The summed E-state index contributed by atoms with van der Waals surface area (Å²) in [5.74, 6) is 0.727. The van der Waals surface area contributed by atoms with Gasteiger partial charge in [-0.1, -0.05) is 6.07 Å². The van der Waals surface area contributed by atoms with E-state index in [1.807, 2.05) is 24.3 Å². The van der Waals surface area contributed by atoms with Crippen molar-refractivity contribution in [3.05, 3.63) is 64.2 Å². The van der Waals surface area contributed by atoms with Gasteiger partial charge in [0.25, 0.3) is 5.69 Å². The van der Waals surface area contributed by atoms with Gasteiger partial charge in [0.2, 0.25) is 0 Å². The standard InChI is InChI=1S/C15H16N2O4/c1-21-14-4-2-3-12(9-14)16-10-15(18)11-5-7-13(8-6-11)17(19)20/h2-9,15-16,18H,10H2,1H3. The van der Waals surface area contributed by atoms with Gasteiger partial charge in [-0.2, -0.15) is 0 Å². The maximum Gasteiger partial charge on any atom is 0.269 e. The number of benzene rings is 2. The van der Waals surface area contributed by atoms with Gasteiger partial charge in [0.05, 0.1) is 18.1 Å². The molecule has 6 nitrogen and oxygen atoms in total. The highest BCUT2D eigenvalue weighted by Gasteiger charge is 2.10. The fourth-order valence-electron chi connectivity index (χ4n) is 1.88. The molecule has 6 heteroatoms. The Balaban J connectivity index is 1.97. The molecule has 110 valence electrons. The lowest BCUT2D eigenvalue weighted by Gasteiger charge is -2.13. The van der Waals surface area contributed by atoms with Crippen LogP contribution >= 0.6 is 0 Å². The van der Waals surface area contributed by atoms with E-state index in [1.54, 1.807) is 19.2 Å². The Hall–Kier alpha value is -2.60. The van der Waals surface area contributed by atoms with Crippen molar-refractivity contribution in [2.45, 2.75) is 6.10 Å². The van der Waals surface area contributed by atoms with Gasteiger partial charge in [-0.05, 0) is 29.8 Å². The lowest BCUT2D eigenvalue weighted by molar-refractivity contribution is -0.384. The molecule has 0 heterocycles. The molecule has 0 fully saturated rings. The van der Waals surface area contributed by atoms with E-state index in [-0.39, 0.29) is 5.69 Å². The number of aliphatic hydroxyl groups excluding tert-OH is 1. The first-order valence-electron chi connectivity index (χ1n) is 6.40. The molecule has 0 saturated heterocycles. The highest BCUT2D eigenvalue weighted by Crippen LogP contribution is 2.20. The molecule has 0 spiro atoms. The van der Waals surface area contributed by atoms with Crippen molar-refractivity contribution in [1.29, 1.82) is 0 Å². The molecule has 1 unspecified atom stereocenters. The zero-order valence-corrected chi connectivity index (χ0v) is 11.5. The van der Waals surface area contributed by atoms with Crippen molar-refractivity contribution >= 4 is 11.4 Å². The minimum atomic E-state index is -0.753. The summed E-state index contributed by atoms with van der Waals surface area (Å²) in [7, 11) is 1.59. The van der Waals surface area contributed by atoms with Crippen LogP contribution in [0.2, 0.25) is 0 Å². The Kier molecular flexibility index (Phi) is 4.73. The van der Waals surface area contributed by atoms with E-state index < -0.39 is 11.0 Å². The van der Waals surface area contributed by atoms with Crippen molar-refractivity contribution in [1.82, 2.24) is 0 Å². The summed E-state index contributed by atoms with van der Waals surface area (Å²) >= 11 is 0. The molecule has 0 radical (unpaired) electrons. The molecule has 0 aliphatic rings. The number of nitrogens with zero attached hydrogens (tertiary/aromatic N) is 1. The molecule has 0 saturated carbocycles. The predicted octanol–water partition coefficient (Wildman–Crippen LogP) is 2.75. The van der Waals surface area contributed by atoms with Gasteiger partial charge in [0.1, 0.15) is 5.75 Å². The smallest absolute Gasteiger partial charge is 0.269 e. The normalized spacial score (nSPS) is 11.7. The number of rotatable bonds is 6. The van der Waals surface area contributed by atoms with Crippen LogP contribution in [0.15, 0.2) is 48.5 Å². The second-order valence-electron chi connectivity index (χ2n) is 4.48. The van der Waals surface area contributed by atoms with E-state index in [9.17, 15) is 15.2 Å². The molecule has 0 bridgehead atoms. The zero-order chi connectivity index (χ0) is 15.2. The molecule has 2 aromatic rings. The van der Waals surface area contributed by atoms with Crippen LogP contribution in [0.1, 0.15) is 11.7 Å². The molecule has 0 aliphatic heterocycles. The third-order valence-corrected chi connectivity index (χ3v) is 3.06. The van der Waals surface area contributed by atoms with Crippen LogP contribution in [0.5, 0.6) is 5.75 Å². The van der Waals surface area contributed by atoms with E-state index in [0.717, 1.165) is 11.4 Å². The molecular formula is C15H16N2O4. The highest BCUT2D eigenvalue weighted by atomic mass is 16.6. The third-order valence-electron chi connectivity index (χ3n) is 3.06. The van der Waals surface area contributed by atoms with Gasteiger partial charge in [0, 0.05) is 30.4 Å². The van der Waals surface area contributed by atoms with Crippen molar-refractivity contribution in [3.8, 4) is 5.75 Å². The average Bonchev–Trinajstić information content (AvgIpc) is 2.53. The number of methoxy groups -OCH3 is 1. The Morgan fingerprint density at radius 1 is 1.29 bits per heavy atom. The van der Waals surface area contributed by atoms with Gasteiger partial charge in [-0.3, -0.25) is 10.1 Å². The van der Waals surface area contributed by atoms with Gasteiger partial charge in [0.15, 0.2) is 0 Å². The Labute approximate surface area is 122 Å². The third kappa shape index (κ3) is 3.93. The summed E-state index contributed by atoms with van der Waals surface area (Å²) in [6.07, 6.45) is -0.753. The molecule has 0 aromatic heterocycles. The largest absolute Gasteiger partial charge is 0.497 e. The summed E-state index contributed by atoms with van der Waals surface area (Å²) in [6.45, 7) is 0.297. The number of anilines is 1. The number of ether oxygens (including phenoxy) is 1. The predicted molar refractivity (Wildman–Crippen MR) is 79.5 cm³/mol. The Morgan fingerprint density at radius 2 is 2.00 bits per heavy atom. The number of hydrogen-bond acceptors (Lipinski definition) is 5. The number of nitro benzene ring substituents is 1. The van der Waals surface area contributed by atoms with Crippen LogP contribution in [0.3, 0.4) is 0 Å². The number of nitro groups is 1. The molecule has 21 heavy (non-hydrogen) atoms. The first-order valence-corrected chi connectivity index (χ1v) is 6.40. The van der Waals surface area contributed by atoms with Crippen LogP contribution < -0.4 is 10.1 Å². The number of non-ortho nitro benzene ring substituents is 1. The summed E-state index contributed by atoms with van der Waals surface area (Å²) in [5.41, 5.74) is 1.46. The van der Waals surface area contributed by atoms with E-state index in [4.69, 9.17) is 4.74 Å².